The largest absolute Gasteiger partial charge is 0.380 e. The average molecular weight is 388 g/mol. The van der Waals surface area contributed by atoms with Crippen LogP contribution in [0.25, 0.3) is 11.1 Å². The van der Waals surface area contributed by atoms with Crippen LogP contribution in [0.4, 0.5) is 5.69 Å². The molecule has 27 heavy (non-hydrogen) atoms. The van der Waals surface area contributed by atoms with Crippen molar-refractivity contribution in [3.8, 4) is 11.1 Å². The fraction of sp³-hybridized carbons (Fsp3) is 0.350. The molecule has 1 amide bonds. The van der Waals surface area contributed by atoms with Gasteiger partial charge in [-0.3, -0.25) is 9.52 Å². The summed E-state index contributed by atoms with van der Waals surface area (Å²) in [5.41, 5.74) is 5.03. The number of hydrogen-bond acceptors (Lipinski definition) is 4. The first-order valence-electron chi connectivity index (χ1n) is 8.72. The van der Waals surface area contributed by atoms with Crippen molar-refractivity contribution < 1.29 is 17.9 Å². The molecule has 7 heteroatoms. The molecule has 2 aromatic rings. The molecule has 0 radical (unpaired) electrons. The number of aryl methyl sites for hydroxylation is 1. The number of amides is 1. The summed E-state index contributed by atoms with van der Waals surface area (Å²) in [5, 5.41) is 0. The lowest BCUT2D eigenvalue weighted by atomic mass is 9.96. The number of carbonyl (C=O) groups is 1. The molecule has 144 valence electrons. The van der Waals surface area contributed by atoms with Crippen LogP contribution in [0.3, 0.4) is 0 Å². The summed E-state index contributed by atoms with van der Waals surface area (Å²) >= 11 is 0. The number of benzene rings is 2. The van der Waals surface area contributed by atoms with E-state index >= 15 is 0 Å². The zero-order chi connectivity index (χ0) is 19.8. The van der Waals surface area contributed by atoms with Gasteiger partial charge in [-0.25, -0.2) is 8.42 Å². The van der Waals surface area contributed by atoms with E-state index in [0.29, 0.717) is 18.8 Å². The van der Waals surface area contributed by atoms with E-state index < -0.39 is 10.0 Å². The SMILES string of the molecule is COC(C)CN1Cc2cc(-c3cccc(NS(C)(=O)=O)c3)cc(C)c2C1=O. The minimum absolute atomic E-state index is 0.0261. The Hall–Kier alpha value is -2.38. The van der Waals surface area contributed by atoms with Crippen LogP contribution in [0.5, 0.6) is 0 Å². The third kappa shape index (κ3) is 4.31. The lowest BCUT2D eigenvalue weighted by Crippen LogP contribution is -2.32. The number of anilines is 1. The standard InChI is InChI=1S/C20H24N2O4S/c1-13-8-16(15-6-5-7-18(10-15)21-27(4,24)25)9-17-12-22(11-14(2)26-3)20(23)19(13)17/h5-10,14,21H,11-12H2,1-4H3. The third-order valence-corrected chi connectivity index (χ3v) is 5.26. The minimum Gasteiger partial charge on any atom is -0.380 e. The second-order valence-corrected chi connectivity index (χ2v) is 8.76. The zero-order valence-electron chi connectivity index (χ0n) is 15.9. The van der Waals surface area contributed by atoms with Gasteiger partial charge >= 0.3 is 0 Å². The Labute approximate surface area is 160 Å². The van der Waals surface area contributed by atoms with E-state index in [9.17, 15) is 13.2 Å². The van der Waals surface area contributed by atoms with Crippen LogP contribution >= 0.6 is 0 Å². The van der Waals surface area contributed by atoms with Gasteiger partial charge < -0.3 is 9.64 Å². The Bertz CT molecular complexity index is 985. The molecule has 0 saturated heterocycles. The first kappa shape index (κ1) is 19.4. The number of ether oxygens (including phenoxy) is 1. The molecule has 1 aliphatic heterocycles. The molecular formula is C20H24N2O4S. The van der Waals surface area contributed by atoms with Gasteiger partial charge in [-0.2, -0.15) is 0 Å². The van der Waals surface area contributed by atoms with Gasteiger partial charge in [-0.05, 0) is 54.3 Å². The van der Waals surface area contributed by atoms with E-state index in [1.807, 2.05) is 38.1 Å². The van der Waals surface area contributed by atoms with Gasteiger partial charge in [0.1, 0.15) is 0 Å². The van der Waals surface area contributed by atoms with Gasteiger partial charge in [0.15, 0.2) is 0 Å². The number of sulfonamides is 1. The summed E-state index contributed by atoms with van der Waals surface area (Å²) < 4.78 is 30.7. The van der Waals surface area contributed by atoms with Crippen LogP contribution in [-0.4, -0.2) is 45.2 Å². The summed E-state index contributed by atoms with van der Waals surface area (Å²) in [7, 11) is -1.70. The Balaban J connectivity index is 1.94. The molecule has 1 aliphatic rings. The third-order valence-electron chi connectivity index (χ3n) is 4.66. The molecule has 3 rings (SSSR count). The summed E-state index contributed by atoms with van der Waals surface area (Å²) in [5.74, 6) is 0.0328. The van der Waals surface area contributed by atoms with E-state index in [2.05, 4.69) is 4.72 Å². The maximum absolute atomic E-state index is 12.7. The smallest absolute Gasteiger partial charge is 0.254 e. The lowest BCUT2D eigenvalue weighted by Gasteiger charge is -2.19. The molecule has 0 fully saturated rings. The predicted molar refractivity (Wildman–Crippen MR) is 106 cm³/mol. The predicted octanol–water partition coefficient (Wildman–Crippen LogP) is 3.02. The summed E-state index contributed by atoms with van der Waals surface area (Å²) in [6.45, 7) is 4.97. The minimum atomic E-state index is -3.34. The van der Waals surface area contributed by atoms with E-state index in [0.717, 1.165) is 34.1 Å². The van der Waals surface area contributed by atoms with Gasteiger partial charge in [0.2, 0.25) is 10.0 Å². The molecule has 0 spiro atoms. The molecule has 0 bridgehead atoms. The fourth-order valence-corrected chi connectivity index (χ4v) is 3.96. The number of nitrogens with one attached hydrogen (secondary N) is 1. The number of nitrogens with zero attached hydrogens (tertiary/aromatic N) is 1. The first-order chi connectivity index (χ1) is 12.7. The highest BCUT2D eigenvalue weighted by molar-refractivity contribution is 7.92. The molecule has 1 unspecified atom stereocenters. The quantitative estimate of drug-likeness (QED) is 0.825. The van der Waals surface area contributed by atoms with E-state index in [1.54, 1.807) is 24.1 Å². The average Bonchev–Trinajstić information content (AvgIpc) is 2.89. The molecule has 1 atom stereocenters. The molecule has 0 saturated carbocycles. The summed E-state index contributed by atoms with van der Waals surface area (Å²) in [6, 6.07) is 11.2. The molecule has 1 heterocycles. The van der Waals surface area contributed by atoms with E-state index in [-0.39, 0.29) is 12.0 Å². The monoisotopic (exact) mass is 388 g/mol. The van der Waals surface area contributed by atoms with Crippen molar-refractivity contribution in [2.45, 2.75) is 26.5 Å². The van der Waals surface area contributed by atoms with Gasteiger partial charge in [-0.1, -0.05) is 18.2 Å². The molecule has 2 aromatic carbocycles. The second-order valence-electron chi connectivity index (χ2n) is 7.01. The van der Waals surface area contributed by atoms with Gasteiger partial charge in [0, 0.05) is 31.5 Å². The van der Waals surface area contributed by atoms with Crippen LogP contribution in [-0.2, 0) is 21.3 Å². The van der Waals surface area contributed by atoms with Crippen LogP contribution in [0, 0.1) is 6.92 Å². The highest BCUT2D eigenvalue weighted by Crippen LogP contribution is 2.32. The van der Waals surface area contributed by atoms with Crippen molar-refractivity contribution in [3.05, 3.63) is 53.1 Å². The maximum atomic E-state index is 12.7. The topological polar surface area (TPSA) is 75.7 Å². The number of carbonyl (C=O) groups excluding carboxylic acids is 1. The van der Waals surface area contributed by atoms with Gasteiger partial charge in [0.05, 0.1) is 12.4 Å². The van der Waals surface area contributed by atoms with Gasteiger partial charge in [0.25, 0.3) is 5.91 Å². The second kappa shape index (κ2) is 7.32. The Morgan fingerprint density at radius 2 is 1.96 bits per heavy atom. The Kier molecular flexibility index (Phi) is 5.26. The number of hydrogen-bond donors (Lipinski definition) is 1. The van der Waals surface area contributed by atoms with Crippen LogP contribution in [0.2, 0.25) is 0 Å². The van der Waals surface area contributed by atoms with E-state index in [4.69, 9.17) is 4.74 Å². The van der Waals surface area contributed by atoms with Gasteiger partial charge in [-0.15, -0.1) is 0 Å². The van der Waals surface area contributed by atoms with Crippen LogP contribution in [0.15, 0.2) is 36.4 Å². The first-order valence-corrected chi connectivity index (χ1v) is 10.6. The number of rotatable bonds is 6. The molecule has 0 aromatic heterocycles. The van der Waals surface area contributed by atoms with Crippen molar-refractivity contribution in [1.82, 2.24) is 4.90 Å². The number of methoxy groups -OCH3 is 1. The molecule has 1 N–H and O–H groups in total. The van der Waals surface area contributed by atoms with E-state index in [1.165, 1.54) is 0 Å². The summed E-state index contributed by atoms with van der Waals surface area (Å²) in [4.78, 5) is 14.5. The van der Waals surface area contributed by atoms with Crippen molar-refractivity contribution in [1.29, 1.82) is 0 Å². The molecule has 0 aliphatic carbocycles. The highest BCUT2D eigenvalue weighted by Gasteiger charge is 2.30. The lowest BCUT2D eigenvalue weighted by molar-refractivity contribution is 0.0558. The molecular weight excluding hydrogens is 364 g/mol. The van der Waals surface area contributed by atoms with Crippen LogP contribution in [0.1, 0.15) is 28.4 Å². The normalized spacial score (nSPS) is 15.0. The molecule has 6 nitrogen and oxygen atoms in total. The fourth-order valence-electron chi connectivity index (χ4n) is 3.40. The Morgan fingerprint density at radius 3 is 2.63 bits per heavy atom. The number of fused-ring (bicyclic) bond motifs is 1. The van der Waals surface area contributed by atoms with Crippen molar-refractivity contribution in [3.63, 3.8) is 0 Å². The maximum Gasteiger partial charge on any atom is 0.254 e. The highest BCUT2D eigenvalue weighted by atomic mass is 32.2. The van der Waals surface area contributed by atoms with Crippen molar-refractivity contribution in [2.75, 3.05) is 24.6 Å². The van der Waals surface area contributed by atoms with Crippen molar-refractivity contribution >= 4 is 21.6 Å². The summed E-state index contributed by atoms with van der Waals surface area (Å²) in [6.07, 6.45) is 1.10. The Morgan fingerprint density at radius 1 is 1.22 bits per heavy atom. The van der Waals surface area contributed by atoms with Crippen molar-refractivity contribution in [2.24, 2.45) is 0 Å². The van der Waals surface area contributed by atoms with Crippen LogP contribution < -0.4 is 4.72 Å². The zero-order valence-corrected chi connectivity index (χ0v) is 16.8.